The van der Waals surface area contributed by atoms with Crippen molar-refractivity contribution in [3.63, 3.8) is 0 Å². The summed E-state index contributed by atoms with van der Waals surface area (Å²) in [4.78, 5) is 53.6. The summed E-state index contributed by atoms with van der Waals surface area (Å²) in [6.07, 6.45) is 5.32. The zero-order valence-electron chi connectivity index (χ0n) is 17.5. The van der Waals surface area contributed by atoms with Gasteiger partial charge in [0.25, 0.3) is 12.4 Å². The highest BCUT2D eigenvalue weighted by atomic mass is 16.6. The van der Waals surface area contributed by atoms with Gasteiger partial charge in [-0.2, -0.15) is 0 Å². The number of pyridine rings is 1. The van der Waals surface area contributed by atoms with Crippen molar-refractivity contribution in [3.05, 3.63) is 30.1 Å². The minimum atomic E-state index is -0.754. The number of hydrogen-bond donors (Lipinski definition) is 2. The van der Waals surface area contributed by atoms with Gasteiger partial charge in [-0.1, -0.05) is 6.07 Å². The fourth-order valence-electron chi connectivity index (χ4n) is 4.60. The van der Waals surface area contributed by atoms with E-state index < -0.39 is 23.8 Å². The van der Waals surface area contributed by atoms with Gasteiger partial charge in [-0.3, -0.25) is 19.4 Å². The third kappa shape index (κ3) is 4.38. The minimum absolute atomic E-state index is 0.0769. The molecule has 0 radical (unpaired) electrons. The maximum atomic E-state index is 13.4. The summed E-state index contributed by atoms with van der Waals surface area (Å²) in [7, 11) is 0. The number of carboxylic acid groups (broad SMARTS) is 1. The van der Waals surface area contributed by atoms with Gasteiger partial charge in [0.2, 0.25) is 5.91 Å². The molecule has 0 aromatic carbocycles. The van der Waals surface area contributed by atoms with Crippen LogP contribution in [0.3, 0.4) is 0 Å². The molecule has 2 atom stereocenters. The second-order valence-electron chi connectivity index (χ2n) is 8.35. The van der Waals surface area contributed by atoms with E-state index in [1.165, 1.54) is 0 Å². The number of nitrogens with one attached hydrogen (secondary N) is 1. The predicted octanol–water partition coefficient (Wildman–Crippen LogP) is 0.314. The van der Waals surface area contributed by atoms with Crippen LogP contribution >= 0.6 is 0 Å². The van der Waals surface area contributed by atoms with Gasteiger partial charge in [0, 0.05) is 44.4 Å². The summed E-state index contributed by atoms with van der Waals surface area (Å²) in [6.45, 7) is 1.13. The zero-order valence-corrected chi connectivity index (χ0v) is 17.5. The lowest BCUT2D eigenvalue weighted by molar-refractivity contribution is -0.171. The van der Waals surface area contributed by atoms with E-state index in [2.05, 4.69) is 10.3 Å². The number of alkyl carbamates (subject to hydrolysis) is 1. The Bertz CT molecular complexity index is 868. The van der Waals surface area contributed by atoms with E-state index in [-0.39, 0.29) is 30.9 Å². The average Bonchev–Trinajstić information content (AvgIpc) is 3.58. The van der Waals surface area contributed by atoms with Gasteiger partial charge < -0.3 is 29.7 Å². The number of likely N-dealkylation sites (tertiary alicyclic amines) is 1. The highest BCUT2D eigenvalue weighted by molar-refractivity contribution is 5.87. The molecule has 1 saturated carbocycles. The van der Waals surface area contributed by atoms with Crippen LogP contribution in [0.5, 0.6) is 0 Å². The molecule has 11 heteroatoms. The number of hydrogen-bond acceptors (Lipinski definition) is 7. The molecule has 3 aliphatic heterocycles. The molecule has 4 aliphatic rings. The van der Waals surface area contributed by atoms with Crippen LogP contribution < -0.4 is 5.32 Å². The number of aromatic nitrogens is 1. The van der Waals surface area contributed by atoms with Crippen molar-refractivity contribution in [1.29, 1.82) is 0 Å². The molecule has 5 rings (SSSR count). The lowest BCUT2D eigenvalue weighted by Gasteiger charge is -2.44. The number of carbonyl (C=O) groups excluding carboxylic acids is 3. The van der Waals surface area contributed by atoms with Crippen LogP contribution in [0.15, 0.2) is 24.5 Å². The van der Waals surface area contributed by atoms with E-state index in [1.807, 2.05) is 17.0 Å². The van der Waals surface area contributed by atoms with Crippen LogP contribution in [-0.4, -0.2) is 88.3 Å². The van der Waals surface area contributed by atoms with Gasteiger partial charge in [0.15, 0.2) is 6.10 Å². The molecular formula is C21H26N4O7. The second kappa shape index (κ2) is 9.11. The van der Waals surface area contributed by atoms with E-state index in [0.717, 1.165) is 18.4 Å². The Morgan fingerprint density at radius 1 is 1.28 bits per heavy atom. The molecule has 4 fully saturated rings. The summed E-state index contributed by atoms with van der Waals surface area (Å²) in [5.74, 6) is -0.198. The largest absolute Gasteiger partial charge is 0.483 e. The van der Waals surface area contributed by atoms with Crippen molar-refractivity contribution in [3.8, 4) is 0 Å². The number of ether oxygens (including phenoxy) is 2. The highest BCUT2D eigenvalue weighted by Gasteiger charge is 2.50. The SMILES string of the molecule is O=C1NCC2(CCN(C(=O)[C@H]3OCC(=O)N(C4CC4)[C@@H]3c3cccnc3)CC2)O1.O=CO. The first kappa shape index (κ1) is 22.0. The van der Waals surface area contributed by atoms with Gasteiger partial charge >= 0.3 is 6.09 Å². The number of morpholine rings is 1. The molecule has 0 bridgehead atoms. The predicted molar refractivity (Wildman–Crippen MR) is 108 cm³/mol. The standard InChI is InChI=1S/C20H24N4O5.CH2O2/c25-15-11-28-17(16(24(15)14-3-4-14)13-2-1-7-21-10-13)18(26)23-8-5-20(6-9-23)12-22-19(27)29-20;2-1-3/h1-2,7,10,14,16-17H,3-6,8-9,11-12H2,(H,22,27);1H,(H,2,3)/t16-,17+;/m1./s1. The van der Waals surface area contributed by atoms with Gasteiger partial charge in [-0.15, -0.1) is 0 Å². The number of rotatable bonds is 3. The Labute approximate surface area is 184 Å². The van der Waals surface area contributed by atoms with Crippen LogP contribution in [0.4, 0.5) is 4.79 Å². The number of amides is 3. The van der Waals surface area contributed by atoms with Gasteiger partial charge in [0.05, 0.1) is 12.6 Å². The second-order valence-corrected chi connectivity index (χ2v) is 8.35. The van der Waals surface area contributed by atoms with Crippen LogP contribution in [-0.2, 0) is 23.9 Å². The molecule has 1 aromatic rings. The van der Waals surface area contributed by atoms with Crippen molar-refractivity contribution in [1.82, 2.24) is 20.1 Å². The molecular weight excluding hydrogens is 420 g/mol. The number of nitrogens with zero attached hydrogens (tertiary/aromatic N) is 3. The third-order valence-corrected chi connectivity index (χ3v) is 6.32. The molecule has 0 unspecified atom stereocenters. The molecule has 32 heavy (non-hydrogen) atoms. The Balaban J connectivity index is 0.000000775. The third-order valence-electron chi connectivity index (χ3n) is 6.32. The molecule has 11 nitrogen and oxygen atoms in total. The van der Waals surface area contributed by atoms with E-state index >= 15 is 0 Å². The monoisotopic (exact) mass is 446 g/mol. The van der Waals surface area contributed by atoms with Crippen LogP contribution in [0.25, 0.3) is 0 Å². The smallest absolute Gasteiger partial charge is 0.407 e. The number of carbonyl (C=O) groups is 4. The van der Waals surface area contributed by atoms with Crippen LogP contribution in [0.1, 0.15) is 37.3 Å². The summed E-state index contributed by atoms with van der Waals surface area (Å²) >= 11 is 0. The van der Waals surface area contributed by atoms with E-state index in [1.54, 1.807) is 17.3 Å². The fourth-order valence-corrected chi connectivity index (χ4v) is 4.60. The van der Waals surface area contributed by atoms with Gasteiger partial charge in [-0.05, 0) is 24.5 Å². The molecule has 1 aromatic heterocycles. The maximum Gasteiger partial charge on any atom is 0.407 e. The topological polar surface area (TPSA) is 138 Å². The summed E-state index contributed by atoms with van der Waals surface area (Å²) in [5, 5.41) is 9.59. The van der Waals surface area contributed by atoms with E-state index in [0.29, 0.717) is 32.5 Å². The van der Waals surface area contributed by atoms with Crippen LogP contribution in [0.2, 0.25) is 0 Å². The van der Waals surface area contributed by atoms with Crippen molar-refractivity contribution in [2.24, 2.45) is 0 Å². The first-order valence-corrected chi connectivity index (χ1v) is 10.6. The number of piperidine rings is 1. The maximum absolute atomic E-state index is 13.4. The molecule has 172 valence electrons. The summed E-state index contributed by atoms with van der Waals surface area (Å²) < 4.78 is 11.3. The minimum Gasteiger partial charge on any atom is -0.483 e. The van der Waals surface area contributed by atoms with Gasteiger partial charge in [-0.25, -0.2) is 4.79 Å². The Morgan fingerprint density at radius 3 is 2.56 bits per heavy atom. The molecule has 1 spiro atoms. The van der Waals surface area contributed by atoms with Crippen molar-refractivity contribution < 1.29 is 33.8 Å². The zero-order chi connectivity index (χ0) is 22.7. The van der Waals surface area contributed by atoms with Crippen molar-refractivity contribution >= 4 is 24.4 Å². The molecule has 3 amide bonds. The van der Waals surface area contributed by atoms with Crippen molar-refractivity contribution in [2.45, 2.75) is 49.5 Å². The molecule has 4 heterocycles. The Kier molecular flexibility index (Phi) is 6.26. The van der Waals surface area contributed by atoms with Crippen molar-refractivity contribution in [2.75, 3.05) is 26.2 Å². The quantitative estimate of drug-likeness (QED) is 0.633. The molecule has 2 N–H and O–H groups in total. The lowest BCUT2D eigenvalue weighted by atomic mass is 9.90. The first-order chi connectivity index (χ1) is 15.5. The Hall–Kier alpha value is -3.21. The highest BCUT2D eigenvalue weighted by Crippen LogP contribution is 2.40. The van der Waals surface area contributed by atoms with E-state index in [4.69, 9.17) is 19.4 Å². The van der Waals surface area contributed by atoms with E-state index in [9.17, 15) is 14.4 Å². The summed E-state index contributed by atoms with van der Waals surface area (Å²) in [6, 6.07) is 3.41. The molecule has 1 aliphatic carbocycles. The normalized spacial score (nSPS) is 26.6. The summed E-state index contributed by atoms with van der Waals surface area (Å²) in [5.41, 5.74) is 0.299. The lowest BCUT2D eigenvalue weighted by Crippen LogP contribution is -2.58. The molecule has 3 saturated heterocycles. The fraction of sp³-hybridized carbons (Fsp3) is 0.571. The first-order valence-electron chi connectivity index (χ1n) is 10.6. The van der Waals surface area contributed by atoms with Gasteiger partial charge in [0.1, 0.15) is 12.2 Å². The Morgan fingerprint density at radius 2 is 2.00 bits per heavy atom. The average molecular weight is 446 g/mol. The van der Waals surface area contributed by atoms with Crippen LogP contribution in [0, 0.1) is 0 Å².